The molecule has 3 aliphatic heterocycles. The van der Waals surface area contributed by atoms with Crippen LogP contribution in [0.4, 0.5) is 0 Å². The number of nitrogens with zero attached hydrogens (tertiary/aromatic N) is 2. The zero-order chi connectivity index (χ0) is 15.5. The molecule has 0 aromatic rings. The molecule has 6 heteroatoms. The summed E-state index contributed by atoms with van der Waals surface area (Å²) in [6, 6.07) is 0.296. The fraction of sp³-hybridized carbons (Fsp3) is 0.875. The largest absolute Gasteiger partial charge is 0.317 e. The molecule has 0 radical (unpaired) electrons. The Hall–Kier alpha value is -0.360. The quantitative estimate of drug-likeness (QED) is 0.774. The van der Waals surface area contributed by atoms with E-state index in [1.807, 2.05) is 17.4 Å². The summed E-state index contributed by atoms with van der Waals surface area (Å²) in [5.74, 6) is 0.953. The second kappa shape index (κ2) is 5.07. The van der Waals surface area contributed by atoms with E-state index in [4.69, 9.17) is 0 Å². The molecule has 0 aromatic heterocycles. The topological polar surface area (TPSA) is 40.6 Å². The fourth-order valence-corrected chi connectivity index (χ4v) is 7.34. The number of thioether (sulfide) groups is 2. The van der Waals surface area contributed by atoms with Crippen molar-refractivity contribution in [3.05, 3.63) is 0 Å². The highest BCUT2D eigenvalue weighted by molar-refractivity contribution is 8.01. The molecule has 0 bridgehead atoms. The first-order chi connectivity index (χ1) is 10.6. The van der Waals surface area contributed by atoms with E-state index in [0.29, 0.717) is 12.0 Å². The average molecular weight is 341 g/mol. The molecule has 0 N–H and O–H groups in total. The van der Waals surface area contributed by atoms with Crippen LogP contribution in [0.15, 0.2) is 0 Å². The van der Waals surface area contributed by atoms with Crippen molar-refractivity contribution < 1.29 is 9.59 Å². The van der Waals surface area contributed by atoms with Crippen LogP contribution in [0.1, 0.15) is 44.9 Å². The Bertz CT molecular complexity index is 528. The molecule has 0 spiro atoms. The number of amides is 2. The molecule has 1 saturated carbocycles. The van der Waals surface area contributed by atoms with Crippen LogP contribution < -0.4 is 0 Å². The van der Waals surface area contributed by atoms with Crippen molar-refractivity contribution in [2.75, 3.05) is 19.1 Å². The zero-order valence-corrected chi connectivity index (χ0v) is 15.0. The molecule has 2 amide bonds. The first-order valence-electron chi connectivity index (χ1n) is 8.37. The summed E-state index contributed by atoms with van der Waals surface area (Å²) in [5, 5.41) is 0. The molecule has 3 saturated heterocycles. The van der Waals surface area contributed by atoms with Gasteiger partial charge in [0, 0.05) is 12.6 Å². The highest BCUT2D eigenvalue weighted by atomic mass is 32.2. The molecule has 22 heavy (non-hydrogen) atoms. The summed E-state index contributed by atoms with van der Waals surface area (Å²) in [4.78, 5) is 29.7. The van der Waals surface area contributed by atoms with E-state index < -0.39 is 9.74 Å². The van der Waals surface area contributed by atoms with Gasteiger partial charge in [0.15, 0.2) is 9.74 Å². The van der Waals surface area contributed by atoms with Gasteiger partial charge in [0.1, 0.15) is 0 Å². The molecule has 4 rings (SSSR count). The van der Waals surface area contributed by atoms with Crippen LogP contribution in [0.5, 0.6) is 0 Å². The minimum absolute atomic E-state index is 0.209. The molecule has 4 nitrogen and oxygen atoms in total. The van der Waals surface area contributed by atoms with Crippen LogP contribution >= 0.6 is 23.5 Å². The maximum Gasteiger partial charge on any atom is 0.260 e. The number of rotatable bonds is 2. The maximum absolute atomic E-state index is 13.5. The van der Waals surface area contributed by atoms with E-state index in [2.05, 4.69) is 4.90 Å². The third-order valence-corrected chi connectivity index (χ3v) is 8.76. The van der Waals surface area contributed by atoms with Crippen molar-refractivity contribution >= 4 is 35.3 Å². The summed E-state index contributed by atoms with van der Waals surface area (Å²) < 4.78 is 0. The van der Waals surface area contributed by atoms with Crippen LogP contribution in [-0.2, 0) is 9.59 Å². The monoisotopic (exact) mass is 340 g/mol. The lowest BCUT2D eigenvalue weighted by atomic mass is 9.84. The average Bonchev–Trinajstić information content (AvgIpc) is 3.13. The Morgan fingerprint density at radius 1 is 1.00 bits per heavy atom. The van der Waals surface area contributed by atoms with Gasteiger partial charge >= 0.3 is 0 Å². The van der Waals surface area contributed by atoms with Gasteiger partial charge in [0.2, 0.25) is 0 Å². The SMILES string of the molecule is CS[C@@]12CCCN1C(=O)[C@]1(SC)C[C@@H]3CCCC[C@@H]3N1C2=O. The zero-order valence-electron chi connectivity index (χ0n) is 13.3. The normalized spacial score (nSPS) is 44.1. The molecular formula is C16H24N2O2S2. The van der Waals surface area contributed by atoms with Crippen molar-refractivity contribution in [1.82, 2.24) is 9.80 Å². The van der Waals surface area contributed by atoms with E-state index in [1.165, 1.54) is 19.3 Å². The molecule has 4 aliphatic rings. The maximum atomic E-state index is 13.5. The summed E-state index contributed by atoms with van der Waals surface area (Å²) >= 11 is 3.18. The summed E-state index contributed by atoms with van der Waals surface area (Å²) in [7, 11) is 0. The molecular weight excluding hydrogens is 316 g/mol. The third kappa shape index (κ3) is 1.63. The first-order valence-corrected chi connectivity index (χ1v) is 10.8. The molecule has 4 fully saturated rings. The second-order valence-electron chi connectivity index (χ2n) is 7.03. The van der Waals surface area contributed by atoms with Gasteiger partial charge in [-0.3, -0.25) is 9.59 Å². The van der Waals surface area contributed by atoms with Crippen LogP contribution in [-0.4, -0.2) is 56.5 Å². The number of carbonyl (C=O) groups excluding carboxylic acids is 2. The number of carbonyl (C=O) groups is 2. The number of piperazine rings is 1. The molecule has 1 aliphatic carbocycles. The predicted molar refractivity (Wildman–Crippen MR) is 90.6 cm³/mol. The minimum Gasteiger partial charge on any atom is -0.317 e. The van der Waals surface area contributed by atoms with E-state index in [9.17, 15) is 9.59 Å². The van der Waals surface area contributed by atoms with Crippen LogP contribution in [0.2, 0.25) is 0 Å². The van der Waals surface area contributed by atoms with Crippen molar-refractivity contribution in [3.8, 4) is 0 Å². The number of hydrogen-bond donors (Lipinski definition) is 0. The molecule has 3 heterocycles. The standard InChI is InChI=1S/C16H24N2O2S2/c1-21-15-8-5-9-17(15)13(19)16(22-2)10-11-6-3-4-7-12(11)18(16)14(15)20/h11-12H,3-10H2,1-2H3/t11-,12-,15+,16+/m0/s1. The smallest absolute Gasteiger partial charge is 0.260 e. The summed E-state index contributed by atoms with van der Waals surface area (Å²) in [6.07, 6.45) is 11.3. The van der Waals surface area contributed by atoms with E-state index in [-0.39, 0.29) is 11.8 Å². The Morgan fingerprint density at radius 3 is 2.45 bits per heavy atom. The summed E-state index contributed by atoms with van der Waals surface area (Å²) in [5.41, 5.74) is 0. The molecule has 4 atom stereocenters. The van der Waals surface area contributed by atoms with Crippen LogP contribution in [0, 0.1) is 5.92 Å². The van der Waals surface area contributed by atoms with Gasteiger partial charge in [-0.05, 0) is 50.5 Å². The second-order valence-corrected chi connectivity index (χ2v) is 9.20. The predicted octanol–water partition coefficient (Wildman–Crippen LogP) is 2.53. The molecule has 0 unspecified atom stereocenters. The van der Waals surface area contributed by atoms with Crippen molar-refractivity contribution in [3.63, 3.8) is 0 Å². The lowest BCUT2D eigenvalue weighted by molar-refractivity contribution is -0.163. The lowest BCUT2D eigenvalue weighted by Crippen LogP contribution is -2.72. The van der Waals surface area contributed by atoms with Gasteiger partial charge in [0.05, 0.1) is 0 Å². The van der Waals surface area contributed by atoms with Gasteiger partial charge in [-0.25, -0.2) is 0 Å². The van der Waals surface area contributed by atoms with Gasteiger partial charge in [-0.2, -0.15) is 0 Å². The van der Waals surface area contributed by atoms with E-state index in [1.54, 1.807) is 23.5 Å². The Morgan fingerprint density at radius 2 is 1.73 bits per heavy atom. The first kappa shape index (κ1) is 15.2. The van der Waals surface area contributed by atoms with E-state index in [0.717, 1.165) is 32.2 Å². The van der Waals surface area contributed by atoms with E-state index >= 15 is 0 Å². The van der Waals surface area contributed by atoms with Crippen molar-refractivity contribution in [1.29, 1.82) is 0 Å². The van der Waals surface area contributed by atoms with Crippen molar-refractivity contribution in [2.24, 2.45) is 5.92 Å². The number of fused-ring (bicyclic) bond motifs is 4. The van der Waals surface area contributed by atoms with Gasteiger partial charge in [-0.15, -0.1) is 23.5 Å². The Kier molecular flexibility index (Phi) is 3.50. The Balaban J connectivity index is 1.83. The summed E-state index contributed by atoms with van der Waals surface area (Å²) in [6.45, 7) is 0.747. The number of hydrogen-bond acceptors (Lipinski definition) is 4. The van der Waals surface area contributed by atoms with Gasteiger partial charge in [-0.1, -0.05) is 12.8 Å². The highest BCUT2D eigenvalue weighted by Crippen LogP contribution is 2.57. The van der Waals surface area contributed by atoms with Crippen molar-refractivity contribution in [2.45, 2.75) is 60.7 Å². The van der Waals surface area contributed by atoms with Gasteiger partial charge in [0.25, 0.3) is 11.8 Å². The minimum atomic E-state index is -0.611. The Labute approximate surface area is 140 Å². The highest BCUT2D eigenvalue weighted by Gasteiger charge is 2.69. The molecule has 0 aromatic carbocycles. The van der Waals surface area contributed by atoms with Crippen LogP contribution in [0.25, 0.3) is 0 Å². The van der Waals surface area contributed by atoms with Crippen LogP contribution in [0.3, 0.4) is 0 Å². The molecule has 122 valence electrons. The third-order valence-electron chi connectivity index (χ3n) is 6.27. The lowest BCUT2D eigenvalue weighted by Gasteiger charge is -2.52. The fourth-order valence-electron chi connectivity index (χ4n) is 5.24. The van der Waals surface area contributed by atoms with Gasteiger partial charge < -0.3 is 9.80 Å².